The van der Waals surface area contributed by atoms with Gasteiger partial charge in [-0.15, -0.1) is 0 Å². The molecule has 0 radical (unpaired) electrons. The lowest BCUT2D eigenvalue weighted by molar-refractivity contribution is -0.120. The molecule has 110 valence electrons. The average molecular weight is 277 g/mol. The molecule has 1 aliphatic heterocycles. The normalized spacial score (nSPS) is 17.8. The van der Waals surface area contributed by atoms with E-state index in [-0.39, 0.29) is 11.9 Å². The van der Waals surface area contributed by atoms with E-state index in [0.29, 0.717) is 6.42 Å². The Morgan fingerprint density at radius 3 is 2.65 bits per heavy atom. The van der Waals surface area contributed by atoms with Crippen LogP contribution in [0.5, 0.6) is 0 Å². The van der Waals surface area contributed by atoms with E-state index in [9.17, 15) is 4.79 Å². The van der Waals surface area contributed by atoms with Crippen molar-refractivity contribution in [2.45, 2.75) is 12.5 Å². The van der Waals surface area contributed by atoms with Crippen LogP contribution in [-0.4, -0.2) is 56.2 Å². The van der Waals surface area contributed by atoms with Crippen molar-refractivity contribution in [3.8, 4) is 0 Å². The third-order valence-corrected chi connectivity index (χ3v) is 3.55. The van der Waals surface area contributed by atoms with E-state index in [1.165, 1.54) is 0 Å². The second kappa shape index (κ2) is 7.99. The van der Waals surface area contributed by atoms with Gasteiger partial charge in [-0.2, -0.15) is 0 Å². The summed E-state index contributed by atoms with van der Waals surface area (Å²) in [4.78, 5) is 13.8. The highest BCUT2D eigenvalue weighted by molar-refractivity contribution is 5.80. The maximum absolute atomic E-state index is 11.5. The third-order valence-electron chi connectivity index (χ3n) is 3.55. The van der Waals surface area contributed by atoms with E-state index in [1.807, 2.05) is 30.3 Å². The monoisotopic (exact) mass is 277 g/mol. The molecule has 1 fully saturated rings. The Morgan fingerprint density at radius 1 is 1.30 bits per heavy atom. The molecule has 1 aliphatic rings. The van der Waals surface area contributed by atoms with Crippen LogP contribution < -0.4 is 11.1 Å². The maximum Gasteiger partial charge on any atom is 0.234 e. The van der Waals surface area contributed by atoms with Gasteiger partial charge in [0.1, 0.15) is 0 Å². The number of ether oxygens (including phenoxy) is 1. The summed E-state index contributed by atoms with van der Waals surface area (Å²) in [7, 11) is 0. The van der Waals surface area contributed by atoms with Crippen molar-refractivity contribution < 1.29 is 9.53 Å². The molecule has 0 spiro atoms. The first kappa shape index (κ1) is 15.0. The molecular weight excluding hydrogens is 254 g/mol. The Bertz CT molecular complexity index is 405. The highest BCUT2D eigenvalue weighted by Gasteiger charge is 2.16. The van der Waals surface area contributed by atoms with E-state index >= 15 is 0 Å². The number of amides is 1. The highest BCUT2D eigenvalue weighted by atomic mass is 16.5. The summed E-state index contributed by atoms with van der Waals surface area (Å²) in [6.45, 7) is 5.19. The summed E-state index contributed by atoms with van der Waals surface area (Å²) in [5.41, 5.74) is 6.59. The molecule has 0 bridgehead atoms. The third kappa shape index (κ3) is 4.92. The van der Waals surface area contributed by atoms with Gasteiger partial charge in [0.05, 0.1) is 19.3 Å². The summed E-state index contributed by atoms with van der Waals surface area (Å²) < 4.78 is 5.31. The zero-order chi connectivity index (χ0) is 14.2. The minimum atomic E-state index is -0.307. The summed E-state index contributed by atoms with van der Waals surface area (Å²) in [5.74, 6) is -0.296. The molecule has 0 unspecified atom stereocenters. The molecule has 0 aliphatic carbocycles. The first-order valence-corrected chi connectivity index (χ1v) is 7.12. The van der Waals surface area contributed by atoms with Gasteiger partial charge in [-0.25, -0.2) is 0 Å². The molecule has 20 heavy (non-hydrogen) atoms. The zero-order valence-electron chi connectivity index (χ0n) is 11.8. The molecule has 5 heteroatoms. The second-order valence-electron chi connectivity index (χ2n) is 5.05. The molecular formula is C15H23N3O2. The Kier molecular flexibility index (Phi) is 5.98. The molecule has 2 rings (SSSR count). The fraction of sp³-hybridized carbons (Fsp3) is 0.533. The van der Waals surface area contributed by atoms with Gasteiger partial charge < -0.3 is 15.8 Å². The number of morpholine rings is 1. The van der Waals surface area contributed by atoms with Crippen LogP contribution in [0.2, 0.25) is 0 Å². The lowest BCUT2D eigenvalue weighted by atomic mass is 10.1. The van der Waals surface area contributed by atoms with E-state index in [4.69, 9.17) is 10.5 Å². The second-order valence-corrected chi connectivity index (χ2v) is 5.05. The van der Waals surface area contributed by atoms with Gasteiger partial charge in [0.15, 0.2) is 0 Å². The molecule has 5 nitrogen and oxygen atoms in total. The van der Waals surface area contributed by atoms with Gasteiger partial charge in [0.25, 0.3) is 0 Å². The van der Waals surface area contributed by atoms with Gasteiger partial charge in [0.2, 0.25) is 5.91 Å². The smallest absolute Gasteiger partial charge is 0.234 e. The van der Waals surface area contributed by atoms with Gasteiger partial charge in [0, 0.05) is 26.2 Å². The van der Waals surface area contributed by atoms with Gasteiger partial charge >= 0.3 is 0 Å². The Labute approximate surface area is 120 Å². The number of hydrogen-bond donors (Lipinski definition) is 2. The number of hydrogen-bond acceptors (Lipinski definition) is 4. The minimum absolute atomic E-state index is 0.296. The molecule has 1 aromatic carbocycles. The van der Waals surface area contributed by atoms with Crippen LogP contribution in [0.15, 0.2) is 30.3 Å². The van der Waals surface area contributed by atoms with Crippen molar-refractivity contribution in [3.63, 3.8) is 0 Å². The maximum atomic E-state index is 11.5. The van der Waals surface area contributed by atoms with Crippen LogP contribution >= 0.6 is 0 Å². The standard InChI is InChI=1S/C15H23N3O2/c16-15(19)14(12-13-4-2-1-3-5-13)17-6-7-18-8-10-20-11-9-18/h1-5,14,17H,6-12H2,(H2,16,19)/t14-/m0/s1. The summed E-state index contributed by atoms with van der Waals surface area (Å²) in [6.07, 6.45) is 0.638. The summed E-state index contributed by atoms with van der Waals surface area (Å²) in [5, 5.41) is 3.26. The van der Waals surface area contributed by atoms with Crippen LogP contribution in [0.1, 0.15) is 5.56 Å². The Balaban J connectivity index is 1.76. The van der Waals surface area contributed by atoms with Crippen molar-refractivity contribution in [1.82, 2.24) is 10.2 Å². The lowest BCUT2D eigenvalue weighted by Crippen LogP contribution is -2.47. The number of carbonyl (C=O) groups excluding carboxylic acids is 1. The molecule has 0 aromatic heterocycles. The van der Waals surface area contributed by atoms with Gasteiger partial charge in [-0.05, 0) is 12.0 Å². The molecule has 1 aromatic rings. The van der Waals surface area contributed by atoms with Crippen LogP contribution in [0, 0.1) is 0 Å². The first-order valence-electron chi connectivity index (χ1n) is 7.12. The number of nitrogens with zero attached hydrogens (tertiary/aromatic N) is 1. The number of rotatable bonds is 7. The van der Waals surface area contributed by atoms with Crippen LogP contribution in [-0.2, 0) is 16.0 Å². The largest absolute Gasteiger partial charge is 0.379 e. The minimum Gasteiger partial charge on any atom is -0.379 e. The van der Waals surface area contributed by atoms with Crippen LogP contribution in [0.25, 0.3) is 0 Å². The SMILES string of the molecule is NC(=O)[C@H](Cc1ccccc1)NCCN1CCOCC1. The van der Waals surface area contributed by atoms with Crippen molar-refractivity contribution in [2.75, 3.05) is 39.4 Å². The molecule has 3 N–H and O–H groups in total. The molecule has 1 amide bonds. The predicted octanol–water partition coefficient (Wildman–Crippen LogP) is 0.00480. The quantitative estimate of drug-likeness (QED) is 0.736. The first-order chi connectivity index (χ1) is 9.75. The van der Waals surface area contributed by atoms with Crippen molar-refractivity contribution in [3.05, 3.63) is 35.9 Å². The number of nitrogens with one attached hydrogen (secondary N) is 1. The highest BCUT2D eigenvalue weighted by Crippen LogP contribution is 2.03. The van der Waals surface area contributed by atoms with Crippen LogP contribution in [0.3, 0.4) is 0 Å². The van der Waals surface area contributed by atoms with E-state index in [2.05, 4.69) is 10.2 Å². The van der Waals surface area contributed by atoms with E-state index < -0.39 is 0 Å². The molecule has 1 heterocycles. The Hall–Kier alpha value is -1.43. The molecule has 1 atom stereocenters. The lowest BCUT2D eigenvalue weighted by Gasteiger charge is -2.27. The fourth-order valence-electron chi connectivity index (χ4n) is 2.34. The zero-order valence-corrected chi connectivity index (χ0v) is 11.8. The number of carbonyl (C=O) groups is 1. The number of nitrogens with two attached hydrogens (primary N) is 1. The average Bonchev–Trinajstić information content (AvgIpc) is 2.48. The Morgan fingerprint density at radius 2 is 2.00 bits per heavy atom. The van der Waals surface area contributed by atoms with E-state index in [0.717, 1.165) is 45.0 Å². The van der Waals surface area contributed by atoms with Gasteiger partial charge in [-0.3, -0.25) is 9.69 Å². The molecule has 1 saturated heterocycles. The van der Waals surface area contributed by atoms with Gasteiger partial charge in [-0.1, -0.05) is 30.3 Å². The predicted molar refractivity (Wildman–Crippen MR) is 78.4 cm³/mol. The summed E-state index contributed by atoms with van der Waals surface area (Å²) >= 11 is 0. The summed E-state index contributed by atoms with van der Waals surface area (Å²) in [6, 6.07) is 9.63. The fourth-order valence-corrected chi connectivity index (χ4v) is 2.34. The van der Waals surface area contributed by atoms with Crippen LogP contribution in [0.4, 0.5) is 0 Å². The van der Waals surface area contributed by atoms with Crippen molar-refractivity contribution in [2.24, 2.45) is 5.73 Å². The van der Waals surface area contributed by atoms with E-state index in [1.54, 1.807) is 0 Å². The molecule has 0 saturated carbocycles. The van der Waals surface area contributed by atoms with Crippen molar-refractivity contribution >= 4 is 5.91 Å². The number of benzene rings is 1. The topological polar surface area (TPSA) is 67.6 Å². The van der Waals surface area contributed by atoms with Crippen molar-refractivity contribution in [1.29, 1.82) is 0 Å². The number of primary amides is 1.